The Labute approximate surface area is 139 Å². The average molecular weight is 351 g/mol. The SMILES string of the molecule is Cc1cccc(N=Nc2ccccc2CN)c1.N#N.O=S(=O)(O)O. The Balaban J connectivity index is 0.000000650. The molecule has 0 amide bonds. The first-order chi connectivity index (χ1) is 11.3. The van der Waals surface area contributed by atoms with Crippen LogP contribution in [0.2, 0.25) is 0 Å². The molecule has 0 radical (unpaired) electrons. The molecule has 0 aliphatic rings. The molecule has 0 bridgehead atoms. The van der Waals surface area contributed by atoms with Crippen molar-refractivity contribution in [2.45, 2.75) is 13.5 Å². The molecule has 0 fully saturated rings. The lowest BCUT2D eigenvalue weighted by Crippen LogP contribution is -1.95. The number of hydrogen-bond donors (Lipinski definition) is 3. The lowest BCUT2D eigenvalue weighted by molar-refractivity contribution is 0.381. The molecular weight excluding hydrogens is 334 g/mol. The first-order valence-electron chi connectivity index (χ1n) is 6.46. The zero-order valence-electron chi connectivity index (χ0n) is 12.8. The molecule has 10 heteroatoms. The van der Waals surface area contributed by atoms with Crippen molar-refractivity contribution < 1.29 is 17.5 Å². The Kier molecular flexibility index (Phi) is 9.69. The molecule has 4 N–H and O–H groups in total. The van der Waals surface area contributed by atoms with Crippen LogP contribution in [0.1, 0.15) is 11.1 Å². The van der Waals surface area contributed by atoms with Crippen LogP contribution in [0.25, 0.3) is 0 Å². The van der Waals surface area contributed by atoms with Gasteiger partial charge in [0.2, 0.25) is 0 Å². The smallest absolute Gasteiger partial charge is 0.326 e. The van der Waals surface area contributed by atoms with Gasteiger partial charge < -0.3 is 5.73 Å². The van der Waals surface area contributed by atoms with E-state index >= 15 is 0 Å². The van der Waals surface area contributed by atoms with Crippen molar-refractivity contribution in [3.63, 3.8) is 0 Å². The Hall–Kier alpha value is -2.71. The minimum absolute atomic E-state index is 0.475. The van der Waals surface area contributed by atoms with Gasteiger partial charge in [0.1, 0.15) is 0 Å². The van der Waals surface area contributed by atoms with Gasteiger partial charge in [-0.15, -0.1) is 0 Å². The molecule has 0 heterocycles. The average Bonchev–Trinajstić information content (AvgIpc) is 2.53. The van der Waals surface area contributed by atoms with Crippen LogP contribution in [-0.2, 0) is 16.9 Å². The summed E-state index contributed by atoms with van der Waals surface area (Å²) in [6.45, 7) is 2.51. The number of hydrogen-bond acceptors (Lipinski definition) is 7. The van der Waals surface area contributed by atoms with Crippen LogP contribution in [0.4, 0.5) is 11.4 Å². The van der Waals surface area contributed by atoms with Crippen LogP contribution in [0.15, 0.2) is 58.8 Å². The van der Waals surface area contributed by atoms with Gasteiger partial charge in [-0.2, -0.15) is 18.6 Å². The lowest BCUT2D eigenvalue weighted by atomic mass is 10.2. The topological polar surface area (TPSA) is 173 Å². The molecule has 0 saturated carbocycles. The molecule has 2 aromatic rings. The van der Waals surface area contributed by atoms with Gasteiger partial charge in [0.25, 0.3) is 0 Å². The van der Waals surface area contributed by atoms with Crippen LogP contribution in [0, 0.1) is 17.7 Å². The highest BCUT2D eigenvalue weighted by Gasteiger charge is 1.97. The molecule has 0 atom stereocenters. The van der Waals surface area contributed by atoms with E-state index in [9.17, 15) is 0 Å². The highest BCUT2D eigenvalue weighted by atomic mass is 32.3. The maximum atomic E-state index is 8.74. The van der Waals surface area contributed by atoms with Gasteiger partial charge >= 0.3 is 10.4 Å². The largest absolute Gasteiger partial charge is 0.394 e. The second kappa shape index (κ2) is 10.9. The van der Waals surface area contributed by atoms with Crippen LogP contribution >= 0.6 is 0 Å². The van der Waals surface area contributed by atoms with Crippen LogP contribution in [0.5, 0.6) is 0 Å². The molecule has 0 aliphatic carbocycles. The number of nitrogens with two attached hydrogens (primary N) is 1. The van der Waals surface area contributed by atoms with E-state index in [4.69, 9.17) is 34.0 Å². The summed E-state index contributed by atoms with van der Waals surface area (Å²) in [7, 11) is -4.67. The highest BCUT2D eigenvalue weighted by molar-refractivity contribution is 7.79. The van der Waals surface area contributed by atoms with Gasteiger partial charge in [0, 0.05) is 17.3 Å². The van der Waals surface area contributed by atoms with Gasteiger partial charge in [-0.1, -0.05) is 30.3 Å². The van der Waals surface area contributed by atoms with Gasteiger partial charge in [0.15, 0.2) is 0 Å². The predicted molar refractivity (Wildman–Crippen MR) is 87.3 cm³/mol. The number of aryl methyl sites for hydroxylation is 1. The fourth-order valence-electron chi connectivity index (χ4n) is 1.58. The van der Waals surface area contributed by atoms with E-state index in [0.29, 0.717) is 6.54 Å². The van der Waals surface area contributed by atoms with Crippen molar-refractivity contribution in [1.29, 1.82) is 10.8 Å². The summed E-state index contributed by atoms with van der Waals surface area (Å²) < 4.78 is 31.6. The van der Waals surface area contributed by atoms with Gasteiger partial charge in [-0.05, 0) is 36.2 Å². The van der Waals surface area contributed by atoms with E-state index < -0.39 is 10.4 Å². The Bertz CT molecular complexity index is 783. The molecule has 9 nitrogen and oxygen atoms in total. The van der Waals surface area contributed by atoms with Crippen LogP contribution < -0.4 is 5.73 Å². The summed E-state index contributed by atoms with van der Waals surface area (Å²) in [6.07, 6.45) is 0. The third-order valence-corrected chi connectivity index (χ3v) is 2.49. The molecule has 0 saturated heterocycles. The summed E-state index contributed by atoms with van der Waals surface area (Å²) in [5.41, 5.74) is 9.51. The van der Waals surface area contributed by atoms with E-state index in [2.05, 4.69) is 10.2 Å². The fraction of sp³-hybridized carbons (Fsp3) is 0.143. The van der Waals surface area contributed by atoms with E-state index in [1.807, 2.05) is 55.5 Å². The minimum Gasteiger partial charge on any atom is -0.326 e. The molecule has 2 aromatic carbocycles. The Morgan fingerprint density at radius 1 is 1.04 bits per heavy atom. The van der Waals surface area contributed by atoms with E-state index in [0.717, 1.165) is 16.9 Å². The first kappa shape index (κ1) is 21.3. The van der Waals surface area contributed by atoms with E-state index in [-0.39, 0.29) is 0 Å². The zero-order valence-corrected chi connectivity index (χ0v) is 13.6. The molecule has 24 heavy (non-hydrogen) atoms. The van der Waals surface area contributed by atoms with Crippen molar-refractivity contribution in [3.8, 4) is 0 Å². The molecule has 0 unspecified atom stereocenters. The second-order valence-electron chi connectivity index (χ2n) is 4.32. The van der Waals surface area contributed by atoms with Gasteiger partial charge in [-0.25, -0.2) is 0 Å². The zero-order chi connectivity index (χ0) is 18.6. The number of benzene rings is 2. The summed E-state index contributed by atoms with van der Waals surface area (Å²) >= 11 is 0. The molecule has 0 aromatic heterocycles. The van der Waals surface area contributed by atoms with Crippen LogP contribution in [0.3, 0.4) is 0 Å². The van der Waals surface area contributed by atoms with Crippen molar-refractivity contribution in [2.75, 3.05) is 0 Å². The predicted octanol–water partition coefficient (Wildman–Crippen LogP) is 3.25. The third-order valence-electron chi connectivity index (χ3n) is 2.49. The van der Waals surface area contributed by atoms with E-state index in [1.54, 1.807) is 0 Å². The second-order valence-corrected chi connectivity index (χ2v) is 5.22. The summed E-state index contributed by atoms with van der Waals surface area (Å²) in [6, 6.07) is 15.7. The highest BCUT2D eigenvalue weighted by Crippen LogP contribution is 2.22. The van der Waals surface area contributed by atoms with Gasteiger partial charge in [0.05, 0.1) is 11.4 Å². The maximum Gasteiger partial charge on any atom is 0.394 e. The molecular formula is C14H17N5O4S. The molecule has 0 spiro atoms. The number of azo groups is 1. The quantitative estimate of drug-likeness (QED) is 0.432. The van der Waals surface area contributed by atoms with Gasteiger partial charge in [-0.3, -0.25) is 9.11 Å². The van der Waals surface area contributed by atoms with Crippen molar-refractivity contribution in [3.05, 3.63) is 59.7 Å². The Morgan fingerprint density at radius 3 is 2.17 bits per heavy atom. The van der Waals surface area contributed by atoms with Crippen molar-refractivity contribution >= 4 is 21.8 Å². The van der Waals surface area contributed by atoms with Crippen LogP contribution in [-0.4, -0.2) is 17.5 Å². The summed E-state index contributed by atoms with van der Waals surface area (Å²) in [5, 5.41) is 20.4. The van der Waals surface area contributed by atoms with Crippen molar-refractivity contribution in [2.24, 2.45) is 16.0 Å². The number of nitrogens with zero attached hydrogens (tertiary/aromatic N) is 4. The Morgan fingerprint density at radius 2 is 1.62 bits per heavy atom. The monoisotopic (exact) mass is 351 g/mol. The van der Waals surface area contributed by atoms with Crippen molar-refractivity contribution in [1.82, 2.24) is 0 Å². The van der Waals surface area contributed by atoms with E-state index in [1.165, 1.54) is 5.56 Å². The first-order valence-corrected chi connectivity index (χ1v) is 7.85. The normalized spacial score (nSPS) is 10.2. The number of rotatable bonds is 3. The molecule has 0 aliphatic heterocycles. The molecule has 128 valence electrons. The standard InChI is InChI=1S/C14H15N3.N2.H2O4S/c1-11-5-4-7-13(9-11)16-17-14-8-3-2-6-12(14)10-15;1-2;1-5(2,3)4/h2-9H,10,15H2,1H3;;(H2,1,2,3,4). The summed E-state index contributed by atoms with van der Waals surface area (Å²) in [4.78, 5) is 0. The minimum atomic E-state index is -4.67. The maximum absolute atomic E-state index is 8.74. The fourth-order valence-corrected chi connectivity index (χ4v) is 1.58. The summed E-state index contributed by atoms with van der Waals surface area (Å²) in [5.74, 6) is 0. The third kappa shape index (κ3) is 10.1. The molecule has 2 rings (SSSR count). The lowest BCUT2D eigenvalue weighted by Gasteiger charge is -2.00.